The molecular weight excluding hydrogens is 342 g/mol. The van der Waals surface area contributed by atoms with E-state index in [1.807, 2.05) is 40.7 Å². The van der Waals surface area contributed by atoms with Crippen molar-refractivity contribution in [3.8, 4) is 0 Å². The van der Waals surface area contributed by atoms with E-state index in [1.54, 1.807) is 37.3 Å². The van der Waals surface area contributed by atoms with Gasteiger partial charge in [-0.05, 0) is 76.5 Å². The lowest BCUT2D eigenvalue weighted by atomic mass is 10.0. The first kappa shape index (κ1) is 20.3. The lowest BCUT2D eigenvalue weighted by molar-refractivity contribution is 0.0358. The van der Waals surface area contributed by atoms with Gasteiger partial charge in [0.15, 0.2) is 0 Å². The van der Waals surface area contributed by atoms with Gasteiger partial charge >= 0.3 is 0 Å². The fourth-order valence-corrected chi connectivity index (χ4v) is 2.88. The largest absolute Gasteiger partial charge is 0.272 e. The van der Waals surface area contributed by atoms with Crippen molar-refractivity contribution >= 4 is 17.5 Å². The Hall–Kier alpha value is -3.02. The second-order valence-corrected chi connectivity index (χ2v) is 7.67. The Kier molecular flexibility index (Phi) is 5.78. The van der Waals surface area contributed by atoms with E-state index >= 15 is 0 Å². The van der Waals surface area contributed by atoms with Crippen molar-refractivity contribution in [2.75, 3.05) is 0 Å². The Balaban J connectivity index is 2.39. The topological polar surface area (TPSA) is 78.8 Å². The number of carbonyl (C=O) groups is 2. The van der Waals surface area contributed by atoms with Crippen LogP contribution in [0.1, 0.15) is 58.2 Å². The molecule has 0 aliphatic carbocycles. The molecule has 0 unspecified atom stereocenters. The predicted molar refractivity (Wildman–Crippen MR) is 106 cm³/mol. The number of rotatable bonds is 3. The zero-order valence-corrected chi connectivity index (χ0v) is 16.6. The summed E-state index contributed by atoms with van der Waals surface area (Å²) in [5.41, 5.74) is 5.47. The molecule has 0 saturated heterocycles. The third-order valence-corrected chi connectivity index (χ3v) is 4.20. The lowest BCUT2D eigenvalue weighted by Crippen LogP contribution is -2.56. The van der Waals surface area contributed by atoms with Crippen LogP contribution in [-0.2, 0) is 0 Å². The molecule has 0 fully saturated rings. The van der Waals surface area contributed by atoms with Crippen LogP contribution in [0.4, 0.5) is 5.69 Å². The number of hydrogen-bond acceptors (Lipinski definition) is 4. The molecule has 0 saturated carbocycles. The molecule has 6 nitrogen and oxygen atoms in total. The second kappa shape index (κ2) is 7.70. The average Bonchev–Trinajstić information content (AvgIpc) is 2.57. The van der Waals surface area contributed by atoms with Crippen LogP contribution in [0.15, 0.2) is 41.6 Å². The molecular formula is C21H25N3O3. The quantitative estimate of drug-likeness (QED) is 0.636. The van der Waals surface area contributed by atoms with Gasteiger partial charge in [-0.15, -0.1) is 4.91 Å². The molecule has 2 aromatic carbocycles. The molecule has 0 heterocycles. The highest BCUT2D eigenvalue weighted by molar-refractivity contribution is 6.00. The minimum Gasteiger partial charge on any atom is -0.267 e. The SMILES string of the molecule is Cc1cc(C)cc(C(=O)N(NC(=O)c2cccc(N=O)c2C)C(C)(C)C)c1. The minimum atomic E-state index is -0.654. The third-order valence-electron chi connectivity index (χ3n) is 4.20. The predicted octanol–water partition coefficient (Wildman–Crippen LogP) is 4.60. The molecule has 0 aromatic heterocycles. The summed E-state index contributed by atoms with van der Waals surface area (Å²) in [6.45, 7) is 11.0. The van der Waals surface area contributed by atoms with Gasteiger partial charge in [0.25, 0.3) is 11.8 Å². The van der Waals surface area contributed by atoms with Gasteiger partial charge in [0.1, 0.15) is 5.69 Å². The Morgan fingerprint density at radius 1 is 1.00 bits per heavy atom. The summed E-state index contributed by atoms with van der Waals surface area (Å²) in [5.74, 6) is -0.768. The van der Waals surface area contributed by atoms with Crippen LogP contribution < -0.4 is 5.43 Å². The van der Waals surface area contributed by atoms with Crippen LogP contribution in [0.5, 0.6) is 0 Å². The molecule has 2 aromatic rings. The average molecular weight is 367 g/mol. The summed E-state index contributed by atoms with van der Waals surface area (Å²) >= 11 is 0. The number of carbonyl (C=O) groups excluding carboxylic acids is 2. The molecule has 1 N–H and O–H groups in total. The Morgan fingerprint density at radius 3 is 2.11 bits per heavy atom. The normalized spacial score (nSPS) is 11.0. The Morgan fingerprint density at radius 2 is 1.59 bits per heavy atom. The molecule has 2 amide bonds. The second-order valence-electron chi connectivity index (χ2n) is 7.67. The summed E-state index contributed by atoms with van der Waals surface area (Å²) in [6.07, 6.45) is 0. The van der Waals surface area contributed by atoms with Crippen LogP contribution in [0.2, 0.25) is 0 Å². The molecule has 27 heavy (non-hydrogen) atoms. The molecule has 0 atom stereocenters. The fourth-order valence-electron chi connectivity index (χ4n) is 2.88. The maximum absolute atomic E-state index is 13.1. The number of nitroso groups, excluding NO2 is 1. The molecule has 0 aliphatic heterocycles. The van der Waals surface area contributed by atoms with E-state index in [4.69, 9.17) is 0 Å². The summed E-state index contributed by atoms with van der Waals surface area (Å²) in [5, 5.41) is 4.26. The van der Waals surface area contributed by atoms with Gasteiger partial charge in [-0.3, -0.25) is 15.0 Å². The van der Waals surface area contributed by atoms with Crippen molar-refractivity contribution < 1.29 is 9.59 Å². The molecule has 142 valence electrons. The molecule has 0 spiro atoms. The van der Waals surface area contributed by atoms with Gasteiger partial charge in [0.2, 0.25) is 0 Å². The van der Waals surface area contributed by atoms with Crippen molar-refractivity contribution in [1.82, 2.24) is 10.4 Å². The highest BCUT2D eigenvalue weighted by Gasteiger charge is 2.30. The van der Waals surface area contributed by atoms with Crippen LogP contribution >= 0.6 is 0 Å². The molecule has 2 rings (SSSR count). The van der Waals surface area contributed by atoms with Crippen molar-refractivity contribution in [2.24, 2.45) is 5.18 Å². The number of nitrogens with zero attached hydrogens (tertiary/aromatic N) is 2. The van der Waals surface area contributed by atoms with E-state index in [9.17, 15) is 14.5 Å². The van der Waals surface area contributed by atoms with E-state index < -0.39 is 11.4 Å². The van der Waals surface area contributed by atoms with E-state index in [1.165, 1.54) is 5.01 Å². The number of aryl methyl sites for hydroxylation is 2. The number of amides is 2. The third kappa shape index (κ3) is 4.58. The minimum absolute atomic E-state index is 0.200. The van der Waals surface area contributed by atoms with Gasteiger partial charge in [0.05, 0.1) is 5.54 Å². The van der Waals surface area contributed by atoms with Crippen molar-refractivity contribution in [3.05, 3.63) is 69.1 Å². The zero-order chi connectivity index (χ0) is 20.4. The molecule has 0 bridgehead atoms. The van der Waals surface area contributed by atoms with Crippen molar-refractivity contribution in [3.63, 3.8) is 0 Å². The van der Waals surface area contributed by atoms with Crippen LogP contribution in [0.25, 0.3) is 0 Å². The van der Waals surface area contributed by atoms with Gasteiger partial charge in [-0.2, -0.15) is 0 Å². The van der Waals surface area contributed by atoms with Gasteiger partial charge in [-0.25, -0.2) is 5.01 Å². The zero-order valence-electron chi connectivity index (χ0n) is 16.6. The first-order valence-electron chi connectivity index (χ1n) is 8.71. The summed E-state index contributed by atoms with van der Waals surface area (Å²) in [6, 6.07) is 10.3. The summed E-state index contributed by atoms with van der Waals surface area (Å²) < 4.78 is 0. The first-order chi connectivity index (χ1) is 12.5. The summed E-state index contributed by atoms with van der Waals surface area (Å²) in [7, 11) is 0. The standard InChI is InChI=1S/C21H25N3O3/c1-13-10-14(2)12-16(11-13)20(26)24(21(4,5)6)22-19(25)17-8-7-9-18(23-27)15(17)3/h7-12H,1-6H3,(H,22,25). The van der Waals surface area contributed by atoms with Crippen molar-refractivity contribution in [1.29, 1.82) is 0 Å². The number of benzene rings is 2. The maximum atomic E-state index is 13.1. The number of nitrogens with one attached hydrogen (secondary N) is 1. The number of hydrazine groups is 1. The van der Waals surface area contributed by atoms with Crippen LogP contribution in [-0.4, -0.2) is 22.4 Å². The van der Waals surface area contributed by atoms with Crippen LogP contribution in [0, 0.1) is 25.7 Å². The van der Waals surface area contributed by atoms with E-state index in [2.05, 4.69) is 10.6 Å². The fraction of sp³-hybridized carbons (Fsp3) is 0.333. The number of hydrogen-bond donors (Lipinski definition) is 1. The van der Waals surface area contributed by atoms with Crippen molar-refractivity contribution in [2.45, 2.75) is 47.1 Å². The lowest BCUT2D eigenvalue weighted by Gasteiger charge is -2.35. The smallest absolute Gasteiger partial charge is 0.267 e. The first-order valence-corrected chi connectivity index (χ1v) is 8.71. The summed E-state index contributed by atoms with van der Waals surface area (Å²) in [4.78, 5) is 36.8. The van der Waals surface area contributed by atoms with E-state index in [0.717, 1.165) is 11.1 Å². The Labute approximate surface area is 159 Å². The molecule has 0 radical (unpaired) electrons. The van der Waals surface area contributed by atoms with E-state index in [-0.39, 0.29) is 11.6 Å². The highest BCUT2D eigenvalue weighted by atomic mass is 16.3. The van der Waals surface area contributed by atoms with Gasteiger partial charge in [-0.1, -0.05) is 23.3 Å². The van der Waals surface area contributed by atoms with Gasteiger partial charge in [0, 0.05) is 11.1 Å². The highest BCUT2D eigenvalue weighted by Crippen LogP contribution is 2.23. The van der Waals surface area contributed by atoms with Gasteiger partial charge < -0.3 is 0 Å². The van der Waals surface area contributed by atoms with Crippen LogP contribution in [0.3, 0.4) is 0 Å². The molecule has 0 aliphatic rings. The van der Waals surface area contributed by atoms with E-state index in [0.29, 0.717) is 16.7 Å². The maximum Gasteiger partial charge on any atom is 0.272 e. The molecule has 6 heteroatoms. The monoisotopic (exact) mass is 367 g/mol. The Bertz CT molecular complexity index is 878.